The molecular weight excluding hydrogens is 1330 g/mol. The van der Waals surface area contributed by atoms with Gasteiger partial charge in [-0.3, -0.25) is 37.3 Å². The average molecular weight is 1490 g/mol. The fourth-order valence-corrected chi connectivity index (χ4v) is 14.4. The first kappa shape index (κ1) is 100. The minimum atomic E-state index is -4.96. The van der Waals surface area contributed by atoms with Crippen molar-refractivity contribution in [3.8, 4) is 0 Å². The lowest BCUT2D eigenvalue weighted by Crippen LogP contribution is -2.30. The Morgan fingerprint density at radius 2 is 0.451 bits per heavy atom. The fraction of sp³-hybridized carbons (Fsp3) is 0.952. The summed E-state index contributed by atoms with van der Waals surface area (Å²) in [5, 5.41) is 10.7. The van der Waals surface area contributed by atoms with Crippen molar-refractivity contribution < 1.29 is 80.2 Å². The van der Waals surface area contributed by atoms with Crippen LogP contribution in [0.15, 0.2) is 0 Å². The van der Waals surface area contributed by atoms with Gasteiger partial charge in [0.2, 0.25) is 0 Å². The van der Waals surface area contributed by atoms with Crippen LogP contribution < -0.4 is 0 Å². The van der Waals surface area contributed by atoms with E-state index >= 15 is 0 Å². The number of carbonyl (C=O) groups excluding carboxylic acids is 4. The lowest BCUT2D eigenvalue weighted by molar-refractivity contribution is -0.161. The number of ether oxygens (including phenoxy) is 4. The zero-order valence-corrected chi connectivity index (χ0v) is 68.9. The van der Waals surface area contributed by atoms with E-state index in [1.54, 1.807) is 0 Å². The summed E-state index contributed by atoms with van der Waals surface area (Å²) < 4.78 is 68.8. The highest BCUT2D eigenvalue weighted by molar-refractivity contribution is 7.47. The standard InChI is InChI=1S/C83H162O17P2/c1-8-9-10-11-12-13-36-43-50-57-64-80(85)93-70-78(99-83(88)67-60-53-46-39-32-26-25-29-35-42-49-56-63-76(6)7)72-97-101(89,90)95-68-77(84)69-96-102(91,92)98-73-79(71-94-81(86)65-58-51-44-37-30-23-20-16-18-22-28-34-41-48-55-62-75(4)5)100-82(87)66-59-52-45-38-31-24-19-15-14-17-21-27-33-40-47-54-61-74(2)3/h74-79,84H,8-73H2,1-7H3,(H,89,90)(H,91,92)/t77-,78+,79+/m0/s1. The van der Waals surface area contributed by atoms with Gasteiger partial charge in [-0.05, 0) is 43.4 Å². The molecule has 0 fully saturated rings. The molecule has 102 heavy (non-hydrogen) atoms. The van der Waals surface area contributed by atoms with Gasteiger partial charge in [-0.25, -0.2) is 9.13 Å². The van der Waals surface area contributed by atoms with E-state index in [0.29, 0.717) is 25.7 Å². The molecule has 0 aromatic rings. The van der Waals surface area contributed by atoms with E-state index in [-0.39, 0.29) is 25.7 Å². The van der Waals surface area contributed by atoms with Crippen molar-refractivity contribution in [1.29, 1.82) is 0 Å². The van der Waals surface area contributed by atoms with Crippen LogP contribution in [0.25, 0.3) is 0 Å². The van der Waals surface area contributed by atoms with Gasteiger partial charge in [0.05, 0.1) is 26.4 Å². The third-order valence-corrected chi connectivity index (χ3v) is 21.3. The van der Waals surface area contributed by atoms with E-state index in [9.17, 15) is 43.2 Å². The minimum absolute atomic E-state index is 0.107. The lowest BCUT2D eigenvalue weighted by Gasteiger charge is -2.21. The van der Waals surface area contributed by atoms with Gasteiger partial charge in [0, 0.05) is 25.7 Å². The number of hydrogen-bond donors (Lipinski definition) is 3. The van der Waals surface area contributed by atoms with E-state index in [2.05, 4.69) is 48.5 Å². The summed E-state index contributed by atoms with van der Waals surface area (Å²) >= 11 is 0. The van der Waals surface area contributed by atoms with Crippen molar-refractivity contribution in [2.75, 3.05) is 39.6 Å². The lowest BCUT2D eigenvalue weighted by atomic mass is 10.0. The maximum absolute atomic E-state index is 13.1. The van der Waals surface area contributed by atoms with Gasteiger partial charge in [0.1, 0.15) is 19.3 Å². The van der Waals surface area contributed by atoms with E-state index in [1.807, 2.05) is 0 Å². The van der Waals surface area contributed by atoms with E-state index in [1.165, 1.54) is 244 Å². The second-order valence-electron chi connectivity index (χ2n) is 31.3. The van der Waals surface area contributed by atoms with Gasteiger partial charge < -0.3 is 33.8 Å². The topological polar surface area (TPSA) is 237 Å². The Morgan fingerprint density at radius 3 is 0.667 bits per heavy atom. The van der Waals surface area contributed by atoms with E-state index in [4.69, 9.17) is 37.0 Å². The second-order valence-corrected chi connectivity index (χ2v) is 34.2. The molecule has 606 valence electrons. The molecule has 5 atom stereocenters. The zero-order valence-electron chi connectivity index (χ0n) is 67.1. The number of aliphatic hydroxyl groups is 1. The summed E-state index contributed by atoms with van der Waals surface area (Å²) in [5.41, 5.74) is 0. The number of esters is 4. The van der Waals surface area contributed by atoms with E-state index < -0.39 is 97.5 Å². The van der Waals surface area contributed by atoms with Crippen molar-refractivity contribution in [2.45, 2.75) is 452 Å². The Balaban J connectivity index is 5.24. The summed E-state index contributed by atoms with van der Waals surface area (Å²) in [6.07, 6.45) is 62.4. The van der Waals surface area contributed by atoms with Crippen LogP contribution in [0.5, 0.6) is 0 Å². The van der Waals surface area contributed by atoms with Crippen molar-refractivity contribution in [3.63, 3.8) is 0 Å². The van der Waals surface area contributed by atoms with Gasteiger partial charge in [0.25, 0.3) is 0 Å². The predicted molar refractivity (Wildman–Crippen MR) is 418 cm³/mol. The number of hydrogen-bond acceptors (Lipinski definition) is 15. The van der Waals surface area contributed by atoms with Crippen molar-refractivity contribution in [1.82, 2.24) is 0 Å². The summed E-state index contributed by atoms with van der Waals surface area (Å²) in [6.45, 7) is 12.0. The van der Waals surface area contributed by atoms with Crippen molar-refractivity contribution in [2.24, 2.45) is 17.8 Å². The molecule has 17 nitrogen and oxygen atoms in total. The molecule has 0 spiro atoms. The zero-order chi connectivity index (χ0) is 75.1. The molecule has 0 aliphatic carbocycles. The molecule has 0 aromatic carbocycles. The van der Waals surface area contributed by atoms with Crippen molar-refractivity contribution >= 4 is 39.5 Å². The van der Waals surface area contributed by atoms with Crippen LogP contribution in [0.3, 0.4) is 0 Å². The van der Waals surface area contributed by atoms with Crippen LogP contribution in [-0.2, 0) is 65.4 Å². The van der Waals surface area contributed by atoms with Gasteiger partial charge in [-0.2, -0.15) is 0 Å². The minimum Gasteiger partial charge on any atom is -0.462 e. The van der Waals surface area contributed by atoms with Crippen LogP contribution in [0.1, 0.15) is 434 Å². The Kier molecular flexibility index (Phi) is 71.8. The molecular formula is C83H162O17P2. The van der Waals surface area contributed by atoms with Gasteiger partial charge >= 0.3 is 39.5 Å². The molecule has 0 heterocycles. The molecule has 0 radical (unpaired) electrons. The van der Waals surface area contributed by atoms with Crippen molar-refractivity contribution in [3.05, 3.63) is 0 Å². The molecule has 0 aliphatic heterocycles. The Labute approximate surface area is 626 Å². The van der Waals surface area contributed by atoms with Crippen LogP contribution >= 0.6 is 15.6 Å². The molecule has 0 aliphatic rings. The van der Waals surface area contributed by atoms with Gasteiger partial charge in [-0.1, -0.05) is 382 Å². The van der Waals surface area contributed by atoms with Gasteiger partial charge in [-0.15, -0.1) is 0 Å². The number of carbonyl (C=O) groups is 4. The monoisotopic (exact) mass is 1490 g/mol. The third kappa shape index (κ3) is 76.3. The highest BCUT2D eigenvalue weighted by Gasteiger charge is 2.30. The molecule has 2 unspecified atom stereocenters. The first-order valence-electron chi connectivity index (χ1n) is 42.8. The summed E-state index contributed by atoms with van der Waals surface area (Å²) in [7, 11) is -9.92. The van der Waals surface area contributed by atoms with Gasteiger partial charge in [0.15, 0.2) is 12.2 Å². The largest absolute Gasteiger partial charge is 0.472 e. The number of unbranched alkanes of at least 4 members (excludes halogenated alkanes) is 49. The van der Waals surface area contributed by atoms with Crippen LogP contribution in [0.2, 0.25) is 0 Å². The SMILES string of the molecule is CCCCCCCCCCCCC(=O)OC[C@H](COP(=O)(O)OC[C@H](O)COP(=O)(O)OC[C@@H](COC(=O)CCCCCCCCCCCCCCCCCC(C)C)OC(=O)CCCCCCCCCCCCCCCCCCC(C)C)OC(=O)CCCCCCCCCCCCCCC(C)C. The Bertz CT molecular complexity index is 1970. The molecule has 0 aromatic heterocycles. The fourth-order valence-electron chi connectivity index (χ4n) is 12.8. The number of phosphoric ester groups is 2. The van der Waals surface area contributed by atoms with E-state index in [0.717, 1.165) is 108 Å². The first-order valence-corrected chi connectivity index (χ1v) is 45.8. The maximum atomic E-state index is 13.1. The predicted octanol–water partition coefficient (Wildman–Crippen LogP) is 24.9. The maximum Gasteiger partial charge on any atom is 0.472 e. The normalized spacial score (nSPS) is 13.9. The number of phosphoric acid groups is 2. The Morgan fingerprint density at radius 1 is 0.265 bits per heavy atom. The summed E-state index contributed by atoms with van der Waals surface area (Å²) in [5.74, 6) is 0.285. The molecule has 3 N–H and O–H groups in total. The third-order valence-electron chi connectivity index (χ3n) is 19.4. The average Bonchev–Trinajstić information content (AvgIpc) is 0.916. The summed E-state index contributed by atoms with van der Waals surface area (Å²) in [4.78, 5) is 73.1. The Hall–Kier alpha value is -1.94. The first-order chi connectivity index (χ1) is 49.2. The summed E-state index contributed by atoms with van der Waals surface area (Å²) in [6, 6.07) is 0. The molecule has 0 bridgehead atoms. The molecule has 0 rings (SSSR count). The molecule has 0 saturated carbocycles. The molecule has 0 saturated heterocycles. The van der Waals surface area contributed by atoms with Crippen LogP contribution in [0.4, 0.5) is 0 Å². The van der Waals surface area contributed by atoms with Crippen LogP contribution in [-0.4, -0.2) is 96.7 Å². The van der Waals surface area contributed by atoms with Crippen LogP contribution in [0, 0.1) is 17.8 Å². The quantitative estimate of drug-likeness (QED) is 0.0222. The molecule has 19 heteroatoms. The molecule has 0 amide bonds. The second kappa shape index (κ2) is 73.2. The highest BCUT2D eigenvalue weighted by Crippen LogP contribution is 2.45. The highest BCUT2D eigenvalue weighted by atomic mass is 31.2. The number of aliphatic hydroxyl groups excluding tert-OH is 1. The smallest absolute Gasteiger partial charge is 0.462 e. The number of rotatable bonds is 81.